The van der Waals surface area contributed by atoms with Gasteiger partial charge in [0.15, 0.2) is 6.61 Å². The molecular formula is C23H18BrClN4O4. The van der Waals surface area contributed by atoms with Crippen molar-refractivity contribution in [1.82, 2.24) is 5.43 Å². The smallest absolute Gasteiger partial charge is 0.329 e. The predicted octanol–water partition coefficient (Wildman–Crippen LogP) is 4.21. The van der Waals surface area contributed by atoms with Gasteiger partial charge in [0.1, 0.15) is 5.75 Å². The fourth-order valence-corrected chi connectivity index (χ4v) is 2.93. The van der Waals surface area contributed by atoms with Crippen LogP contribution in [0.3, 0.4) is 0 Å². The van der Waals surface area contributed by atoms with E-state index in [1.807, 2.05) is 0 Å². The third kappa shape index (κ3) is 7.74. The Morgan fingerprint density at radius 2 is 1.61 bits per heavy atom. The van der Waals surface area contributed by atoms with E-state index in [9.17, 15) is 14.4 Å². The first kappa shape index (κ1) is 24.0. The van der Waals surface area contributed by atoms with E-state index in [-0.39, 0.29) is 12.5 Å². The summed E-state index contributed by atoms with van der Waals surface area (Å²) in [6.07, 6.45) is 1.37. The number of carbonyl (C=O) groups is 3. The molecule has 0 bridgehead atoms. The Labute approximate surface area is 203 Å². The molecule has 0 fully saturated rings. The SMILES string of the molecule is O=C(COc1ccc(/C=N\NC(=O)C(=O)Nc2ccc(Br)cc2)cc1)Nc1ccccc1Cl. The number of hydrazone groups is 1. The molecule has 0 aliphatic carbocycles. The minimum absolute atomic E-state index is 0.192. The van der Waals surface area contributed by atoms with Crippen molar-refractivity contribution in [3.63, 3.8) is 0 Å². The number of hydrogen-bond acceptors (Lipinski definition) is 5. The van der Waals surface area contributed by atoms with E-state index in [2.05, 4.69) is 37.1 Å². The van der Waals surface area contributed by atoms with Crippen molar-refractivity contribution in [2.24, 2.45) is 5.10 Å². The van der Waals surface area contributed by atoms with Crippen LogP contribution in [0.1, 0.15) is 5.56 Å². The maximum Gasteiger partial charge on any atom is 0.329 e. The third-order valence-electron chi connectivity index (χ3n) is 4.09. The summed E-state index contributed by atoms with van der Waals surface area (Å²) in [5.74, 6) is -1.62. The second-order valence-corrected chi connectivity index (χ2v) is 7.87. The standard InChI is InChI=1S/C23H18BrClN4O4/c24-16-7-9-17(10-8-16)27-22(31)23(32)29-26-13-15-5-11-18(12-6-15)33-14-21(30)28-20-4-2-1-3-19(20)25/h1-13H,14H2,(H,27,31)(H,28,30)(H,29,32)/b26-13-. The van der Waals surface area contributed by atoms with Gasteiger partial charge in [0.25, 0.3) is 5.91 Å². The van der Waals surface area contributed by atoms with Gasteiger partial charge in [-0.15, -0.1) is 0 Å². The van der Waals surface area contributed by atoms with Gasteiger partial charge in [-0.2, -0.15) is 5.10 Å². The van der Waals surface area contributed by atoms with Gasteiger partial charge in [0.05, 0.1) is 16.9 Å². The molecule has 0 aliphatic rings. The monoisotopic (exact) mass is 528 g/mol. The molecule has 3 aromatic carbocycles. The fourth-order valence-electron chi connectivity index (χ4n) is 2.49. The first-order valence-electron chi connectivity index (χ1n) is 9.58. The van der Waals surface area contributed by atoms with Crippen molar-refractivity contribution in [3.05, 3.63) is 87.9 Å². The molecule has 0 unspecified atom stereocenters. The van der Waals surface area contributed by atoms with Gasteiger partial charge in [-0.1, -0.05) is 39.7 Å². The molecule has 3 aromatic rings. The maximum absolute atomic E-state index is 12.0. The number of hydrogen-bond donors (Lipinski definition) is 3. The van der Waals surface area contributed by atoms with Crippen molar-refractivity contribution in [2.45, 2.75) is 0 Å². The second-order valence-electron chi connectivity index (χ2n) is 6.55. The number of nitrogens with zero attached hydrogens (tertiary/aromatic N) is 1. The highest BCUT2D eigenvalue weighted by atomic mass is 79.9. The quantitative estimate of drug-likeness (QED) is 0.242. The van der Waals surface area contributed by atoms with E-state index < -0.39 is 11.8 Å². The Morgan fingerprint density at radius 3 is 2.30 bits per heavy atom. The summed E-state index contributed by atoms with van der Waals surface area (Å²) in [4.78, 5) is 35.7. The van der Waals surface area contributed by atoms with Crippen LogP contribution in [0.25, 0.3) is 0 Å². The molecule has 168 valence electrons. The number of carbonyl (C=O) groups excluding carboxylic acids is 3. The zero-order chi connectivity index (χ0) is 23.6. The Balaban J connectivity index is 1.43. The van der Waals surface area contributed by atoms with Crippen molar-refractivity contribution < 1.29 is 19.1 Å². The Bertz CT molecular complexity index is 1170. The Morgan fingerprint density at radius 1 is 0.909 bits per heavy atom. The van der Waals surface area contributed by atoms with Gasteiger partial charge in [-0.05, 0) is 66.2 Å². The molecule has 0 atom stereocenters. The van der Waals surface area contributed by atoms with E-state index in [1.165, 1.54) is 6.21 Å². The predicted molar refractivity (Wildman–Crippen MR) is 131 cm³/mol. The van der Waals surface area contributed by atoms with E-state index >= 15 is 0 Å². The summed E-state index contributed by atoms with van der Waals surface area (Å²) in [5, 5.41) is 9.33. The molecule has 0 aliphatic heterocycles. The molecule has 0 radical (unpaired) electrons. The molecule has 3 amide bonds. The molecule has 0 saturated carbocycles. The van der Waals surface area contributed by atoms with Gasteiger partial charge in [-0.3, -0.25) is 14.4 Å². The average Bonchev–Trinajstić information content (AvgIpc) is 2.81. The van der Waals surface area contributed by atoms with Gasteiger partial charge in [0.2, 0.25) is 0 Å². The molecule has 0 saturated heterocycles. The lowest BCUT2D eigenvalue weighted by Gasteiger charge is -2.08. The number of halogens is 2. The van der Waals surface area contributed by atoms with Crippen LogP contribution in [0.4, 0.5) is 11.4 Å². The van der Waals surface area contributed by atoms with Crippen LogP contribution in [0.15, 0.2) is 82.4 Å². The minimum atomic E-state index is -0.904. The maximum atomic E-state index is 12.0. The summed E-state index contributed by atoms with van der Waals surface area (Å²) in [6, 6.07) is 20.3. The molecule has 33 heavy (non-hydrogen) atoms. The van der Waals surface area contributed by atoms with Crippen LogP contribution in [-0.2, 0) is 14.4 Å². The Hall–Kier alpha value is -3.69. The first-order valence-corrected chi connectivity index (χ1v) is 10.7. The fraction of sp³-hybridized carbons (Fsp3) is 0.0435. The van der Waals surface area contributed by atoms with Gasteiger partial charge in [0, 0.05) is 10.2 Å². The van der Waals surface area contributed by atoms with Gasteiger partial charge in [-0.25, -0.2) is 5.43 Å². The van der Waals surface area contributed by atoms with Crippen LogP contribution in [0, 0.1) is 0 Å². The minimum Gasteiger partial charge on any atom is -0.484 e. The van der Waals surface area contributed by atoms with Crippen molar-refractivity contribution >= 4 is 62.8 Å². The molecule has 10 heteroatoms. The topological polar surface area (TPSA) is 109 Å². The molecular weight excluding hydrogens is 512 g/mol. The number of rotatable bonds is 7. The largest absolute Gasteiger partial charge is 0.484 e. The van der Waals surface area contributed by atoms with E-state index in [1.54, 1.807) is 72.8 Å². The number of ether oxygens (including phenoxy) is 1. The van der Waals surface area contributed by atoms with E-state index in [0.717, 1.165) is 4.47 Å². The number of benzene rings is 3. The van der Waals surface area contributed by atoms with Crippen molar-refractivity contribution in [3.8, 4) is 5.75 Å². The normalized spacial score (nSPS) is 10.5. The van der Waals surface area contributed by atoms with Crippen LogP contribution < -0.4 is 20.8 Å². The number of amides is 3. The summed E-state index contributed by atoms with van der Waals surface area (Å²) in [7, 11) is 0. The Kier molecular flexibility index (Phi) is 8.56. The average molecular weight is 530 g/mol. The zero-order valence-corrected chi connectivity index (χ0v) is 19.4. The zero-order valence-electron chi connectivity index (χ0n) is 17.0. The third-order valence-corrected chi connectivity index (χ3v) is 4.94. The summed E-state index contributed by atoms with van der Waals surface area (Å²) < 4.78 is 6.30. The molecule has 0 aromatic heterocycles. The molecule has 0 heterocycles. The van der Waals surface area contributed by atoms with Crippen LogP contribution >= 0.6 is 27.5 Å². The number of anilines is 2. The molecule has 8 nitrogen and oxygen atoms in total. The molecule has 0 spiro atoms. The first-order chi connectivity index (χ1) is 15.9. The molecule has 3 N–H and O–H groups in total. The van der Waals surface area contributed by atoms with E-state index in [0.29, 0.717) is 27.7 Å². The van der Waals surface area contributed by atoms with Gasteiger partial charge >= 0.3 is 11.8 Å². The lowest BCUT2D eigenvalue weighted by Crippen LogP contribution is -2.32. The summed E-state index contributed by atoms with van der Waals surface area (Å²) in [5.41, 5.74) is 3.80. The van der Waals surface area contributed by atoms with Crippen LogP contribution in [-0.4, -0.2) is 30.5 Å². The van der Waals surface area contributed by atoms with E-state index in [4.69, 9.17) is 16.3 Å². The van der Waals surface area contributed by atoms with Crippen LogP contribution in [0.5, 0.6) is 5.75 Å². The highest BCUT2D eigenvalue weighted by Gasteiger charge is 2.12. The molecule has 3 rings (SSSR count). The highest BCUT2D eigenvalue weighted by Crippen LogP contribution is 2.20. The van der Waals surface area contributed by atoms with Gasteiger partial charge < -0.3 is 15.4 Å². The summed E-state index contributed by atoms with van der Waals surface area (Å²) in [6.45, 7) is -0.192. The number of para-hydroxylation sites is 1. The lowest BCUT2D eigenvalue weighted by molar-refractivity contribution is -0.136. The highest BCUT2D eigenvalue weighted by molar-refractivity contribution is 9.10. The van der Waals surface area contributed by atoms with Crippen LogP contribution in [0.2, 0.25) is 5.02 Å². The number of nitrogens with one attached hydrogen (secondary N) is 3. The summed E-state index contributed by atoms with van der Waals surface area (Å²) >= 11 is 9.29. The van der Waals surface area contributed by atoms with Crippen molar-refractivity contribution in [2.75, 3.05) is 17.2 Å². The van der Waals surface area contributed by atoms with Crippen molar-refractivity contribution in [1.29, 1.82) is 0 Å². The lowest BCUT2D eigenvalue weighted by atomic mass is 10.2. The second kappa shape index (κ2) is 11.8.